The molecule has 0 radical (unpaired) electrons. The lowest BCUT2D eigenvalue weighted by Crippen LogP contribution is -2.05. The number of rotatable bonds is 4. The van der Waals surface area contributed by atoms with E-state index in [9.17, 15) is 14.7 Å². The number of fused-ring (bicyclic) bond motifs is 1. The van der Waals surface area contributed by atoms with Gasteiger partial charge in [0, 0.05) is 36.2 Å². The van der Waals surface area contributed by atoms with Gasteiger partial charge in [-0.05, 0) is 35.9 Å². The molecule has 0 unspecified atom stereocenters. The highest BCUT2D eigenvalue weighted by Gasteiger charge is 2.18. The summed E-state index contributed by atoms with van der Waals surface area (Å²) >= 11 is 0. The van der Waals surface area contributed by atoms with Crippen molar-refractivity contribution in [2.45, 2.75) is 13.3 Å². The zero-order chi connectivity index (χ0) is 18.1. The molecule has 25 heavy (non-hydrogen) atoms. The maximum Gasteiger partial charge on any atom is 0.336 e. The fourth-order valence-electron chi connectivity index (χ4n) is 3.05. The zero-order valence-electron chi connectivity index (χ0n) is 13.9. The summed E-state index contributed by atoms with van der Waals surface area (Å²) in [4.78, 5) is 23.5. The van der Waals surface area contributed by atoms with E-state index < -0.39 is 5.97 Å². The van der Waals surface area contributed by atoms with Crippen molar-refractivity contribution in [3.63, 3.8) is 0 Å². The summed E-state index contributed by atoms with van der Waals surface area (Å²) in [6.07, 6.45) is 2.04. The Hall–Kier alpha value is -3.28. The molecule has 128 valence electrons. The topological polar surface area (TPSA) is 94.5 Å². The van der Waals surface area contributed by atoms with Crippen LogP contribution in [0.4, 0.5) is 5.69 Å². The van der Waals surface area contributed by atoms with Crippen LogP contribution in [0.1, 0.15) is 33.2 Å². The molecule has 0 bridgehead atoms. The Kier molecular flexibility index (Phi) is 4.19. The van der Waals surface area contributed by atoms with E-state index in [4.69, 9.17) is 10.5 Å². The van der Waals surface area contributed by atoms with E-state index in [0.29, 0.717) is 23.4 Å². The minimum atomic E-state index is -1.02. The van der Waals surface area contributed by atoms with E-state index in [1.807, 2.05) is 0 Å². The number of carboxylic acids is 1. The van der Waals surface area contributed by atoms with Gasteiger partial charge in [0.2, 0.25) is 5.91 Å². The molecule has 1 heterocycles. The summed E-state index contributed by atoms with van der Waals surface area (Å²) in [5.74, 6) is -0.657. The van der Waals surface area contributed by atoms with E-state index in [1.165, 1.54) is 14.0 Å². The number of aromatic carboxylic acids is 1. The first-order chi connectivity index (χ1) is 11.9. The number of hydrogen-bond donors (Lipinski definition) is 2. The van der Waals surface area contributed by atoms with E-state index in [2.05, 4.69) is 0 Å². The molecule has 0 fully saturated rings. The predicted octanol–water partition coefficient (Wildman–Crippen LogP) is 3.18. The normalized spacial score (nSPS) is 10.8. The maximum absolute atomic E-state index is 11.9. The summed E-state index contributed by atoms with van der Waals surface area (Å²) in [6.45, 7) is 1.48. The molecule has 2 aromatic carbocycles. The van der Waals surface area contributed by atoms with E-state index in [1.54, 1.807) is 47.2 Å². The SMILES string of the molecule is COc1cccc(C(=O)O)c1Cc1cn(C(C)=O)c2ccc(N)cc12. The summed E-state index contributed by atoms with van der Waals surface area (Å²) in [5, 5.41) is 10.3. The zero-order valence-corrected chi connectivity index (χ0v) is 13.9. The van der Waals surface area contributed by atoms with Crippen LogP contribution in [0.3, 0.4) is 0 Å². The number of ether oxygens (including phenoxy) is 1. The van der Waals surface area contributed by atoms with Crippen molar-refractivity contribution in [1.29, 1.82) is 0 Å². The van der Waals surface area contributed by atoms with Crippen molar-refractivity contribution in [2.24, 2.45) is 0 Å². The van der Waals surface area contributed by atoms with Crippen molar-refractivity contribution in [1.82, 2.24) is 4.57 Å². The average molecular weight is 338 g/mol. The Bertz CT molecular complexity index is 988. The molecule has 0 spiro atoms. The van der Waals surface area contributed by atoms with Crippen molar-refractivity contribution in [3.8, 4) is 5.75 Å². The number of carbonyl (C=O) groups is 2. The van der Waals surface area contributed by atoms with Crippen LogP contribution in [-0.4, -0.2) is 28.7 Å². The first kappa shape index (κ1) is 16.6. The number of methoxy groups -OCH3 is 1. The minimum Gasteiger partial charge on any atom is -0.496 e. The molecular weight excluding hydrogens is 320 g/mol. The molecule has 0 aliphatic rings. The molecule has 0 amide bonds. The van der Waals surface area contributed by atoms with Gasteiger partial charge in [0.15, 0.2) is 0 Å². The van der Waals surface area contributed by atoms with Gasteiger partial charge in [-0.2, -0.15) is 0 Å². The van der Waals surface area contributed by atoms with Gasteiger partial charge in [0.25, 0.3) is 0 Å². The van der Waals surface area contributed by atoms with Gasteiger partial charge in [-0.15, -0.1) is 0 Å². The molecule has 3 aromatic rings. The highest BCUT2D eigenvalue weighted by Crippen LogP contribution is 2.30. The third kappa shape index (κ3) is 2.94. The van der Waals surface area contributed by atoms with Gasteiger partial charge in [-0.1, -0.05) is 6.07 Å². The highest BCUT2D eigenvalue weighted by atomic mass is 16.5. The van der Waals surface area contributed by atoms with Gasteiger partial charge in [-0.3, -0.25) is 9.36 Å². The highest BCUT2D eigenvalue weighted by molar-refractivity contribution is 5.96. The lowest BCUT2D eigenvalue weighted by molar-refractivity contribution is 0.0695. The fourth-order valence-corrected chi connectivity index (χ4v) is 3.05. The molecule has 6 heteroatoms. The van der Waals surface area contributed by atoms with Crippen LogP contribution < -0.4 is 10.5 Å². The Balaban J connectivity index is 2.21. The van der Waals surface area contributed by atoms with Crippen molar-refractivity contribution >= 4 is 28.5 Å². The van der Waals surface area contributed by atoms with Crippen molar-refractivity contribution < 1.29 is 19.4 Å². The van der Waals surface area contributed by atoms with Crippen molar-refractivity contribution in [3.05, 3.63) is 59.3 Å². The number of aromatic nitrogens is 1. The maximum atomic E-state index is 11.9. The molecule has 0 atom stereocenters. The molecule has 6 nitrogen and oxygen atoms in total. The molecule has 0 aliphatic heterocycles. The number of carboxylic acid groups (broad SMARTS) is 1. The number of hydrogen-bond acceptors (Lipinski definition) is 4. The molecule has 1 aromatic heterocycles. The minimum absolute atomic E-state index is 0.125. The molecule has 0 aliphatic carbocycles. The Labute approximate surface area is 144 Å². The van der Waals surface area contributed by atoms with Crippen molar-refractivity contribution in [2.75, 3.05) is 12.8 Å². The van der Waals surface area contributed by atoms with Crippen LogP contribution in [0.2, 0.25) is 0 Å². The van der Waals surface area contributed by atoms with E-state index in [0.717, 1.165) is 16.5 Å². The first-order valence-corrected chi connectivity index (χ1v) is 7.72. The summed E-state index contributed by atoms with van der Waals surface area (Å²) < 4.78 is 6.88. The number of nitrogen functional groups attached to an aromatic ring is 1. The second-order valence-electron chi connectivity index (χ2n) is 5.79. The third-order valence-electron chi connectivity index (χ3n) is 4.20. The third-order valence-corrected chi connectivity index (χ3v) is 4.20. The standard InChI is InChI=1S/C19H18N2O4/c1-11(22)21-10-12(15-9-13(20)6-7-17(15)21)8-16-14(19(23)24)4-3-5-18(16)25-2/h3-7,9-10H,8,20H2,1-2H3,(H,23,24). The van der Waals surface area contributed by atoms with E-state index >= 15 is 0 Å². The number of carbonyl (C=O) groups excluding carboxylic acids is 1. The summed E-state index contributed by atoms with van der Waals surface area (Å²) in [5.41, 5.74) is 8.75. The number of nitrogens with two attached hydrogens (primary N) is 1. The molecule has 0 saturated heterocycles. The van der Waals surface area contributed by atoms with Crippen LogP contribution in [0.5, 0.6) is 5.75 Å². The van der Waals surface area contributed by atoms with Crippen LogP contribution >= 0.6 is 0 Å². The van der Waals surface area contributed by atoms with Gasteiger partial charge in [0.05, 0.1) is 18.2 Å². The van der Waals surface area contributed by atoms with Gasteiger partial charge >= 0.3 is 5.97 Å². The lowest BCUT2D eigenvalue weighted by Gasteiger charge is -2.11. The molecule has 0 saturated carbocycles. The Morgan fingerprint density at radius 1 is 1.24 bits per heavy atom. The van der Waals surface area contributed by atoms with E-state index in [-0.39, 0.29) is 11.5 Å². The number of benzene rings is 2. The quantitative estimate of drug-likeness (QED) is 0.713. The fraction of sp³-hybridized carbons (Fsp3) is 0.158. The summed E-state index contributed by atoms with van der Waals surface area (Å²) in [6, 6.07) is 10.2. The average Bonchev–Trinajstić information content (AvgIpc) is 2.93. The van der Waals surface area contributed by atoms with Gasteiger partial charge in [-0.25, -0.2) is 4.79 Å². The van der Waals surface area contributed by atoms with Crippen LogP contribution in [0.15, 0.2) is 42.6 Å². The Morgan fingerprint density at radius 2 is 2.00 bits per heavy atom. The van der Waals surface area contributed by atoms with Gasteiger partial charge < -0.3 is 15.6 Å². The molecule has 3 rings (SSSR count). The lowest BCUT2D eigenvalue weighted by atomic mass is 9.98. The predicted molar refractivity (Wildman–Crippen MR) is 95.4 cm³/mol. The van der Waals surface area contributed by atoms with Crippen LogP contribution in [-0.2, 0) is 6.42 Å². The largest absolute Gasteiger partial charge is 0.496 e. The second-order valence-corrected chi connectivity index (χ2v) is 5.79. The van der Waals surface area contributed by atoms with Gasteiger partial charge in [0.1, 0.15) is 5.75 Å². The number of anilines is 1. The molecule has 3 N–H and O–H groups in total. The molecular formula is C19H18N2O4. The smallest absolute Gasteiger partial charge is 0.336 e. The van der Waals surface area contributed by atoms with Crippen LogP contribution in [0, 0.1) is 0 Å². The Morgan fingerprint density at radius 3 is 2.64 bits per heavy atom. The monoisotopic (exact) mass is 338 g/mol. The van der Waals surface area contributed by atoms with Crippen LogP contribution in [0.25, 0.3) is 10.9 Å². The second kappa shape index (κ2) is 6.32. The first-order valence-electron chi connectivity index (χ1n) is 7.72. The summed E-state index contributed by atoms with van der Waals surface area (Å²) in [7, 11) is 1.50. The number of nitrogens with zero attached hydrogens (tertiary/aromatic N) is 1.